The van der Waals surface area contributed by atoms with Gasteiger partial charge in [0.15, 0.2) is 0 Å². The van der Waals surface area contributed by atoms with Crippen LogP contribution in [-0.2, 0) is 4.79 Å². The summed E-state index contributed by atoms with van der Waals surface area (Å²) < 4.78 is 0. The van der Waals surface area contributed by atoms with Gasteiger partial charge in [-0.1, -0.05) is 24.6 Å². The highest BCUT2D eigenvalue weighted by atomic mass is 16.2. The maximum atomic E-state index is 13.3. The number of aromatic nitrogens is 1. The second kappa shape index (κ2) is 8.09. The fourth-order valence-corrected chi connectivity index (χ4v) is 4.05. The summed E-state index contributed by atoms with van der Waals surface area (Å²) in [7, 11) is 0. The summed E-state index contributed by atoms with van der Waals surface area (Å²) >= 11 is 0. The van der Waals surface area contributed by atoms with Crippen LogP contribution in [0.5, 0.6) is 0 Å². The van der Waals surface area contributed by atoms with E-state index in [9.17, 15) is 4.79 Å². The van der Waals surface area contributed by atoms with E-state index in [-0.39, 0.29) is 5.91 Å². The number of likely N-dealkylation sites (tertiary alicyclic amines) is 1. The number of pyridine rings is 1. The van der Waals surface area contributed by atoms with Crippen molar-refractivity contribution in [1.29, 1.82) is 0 Å². The molecule has 0 atom stereocenters. The Bertz CT molecular complexity index is 737. The normalized spacial score (nSPS) is 19.9. The zero-order valence-electron chi connectivity index (χ0n) is 15.7. The topological polar surface area (TPSA) is 57.3 Å². The highest BCUT2D eigenvalue weighted by Gasteiger charge is 2.42. The molecule has 0 bridgehead atoms. The smallest absolute Gasteiger partial charge is 0.250 e. The average Bonchev–Trinajstić information content (AvgIpc) is 2.67. The number of carbonyl (C=O) groups is 1. The predicted octanol–water partition coefficient (Wildman–Crippen LogP) is 3.77. The first-order chi connectivity index (χ1) is 13.2. The molecule has 2 N–H and O–H groups in total. The van der Waals surface area contributed by atoms with Crippen molar-refractivity contribution in [2.45, 2.75) is 37.6 Å². The molecule has 2 aromatic rings. The molecular formula is C22H28N4O. The van der Waals surface area contributed by atoms with Gasteiger partial charge < -0.3 is 15.5 Å². The Kier molecular flexibility index (Phi) is 5.39. The Morgan fingerprint density at radius 3 is 2.44 bits per heavy atom. The molecule has 0 spiro atoms. The van der Waals surface area contributed by atoms with Crippen LogP contribution >= 0.6 is 0 Å². The van der Waals surface area contributed by atoms with E-state index in [1.807, 2.05) is 42.5 Å². The molecular weight excluding hydrogens is 336 g/mol. The number of benzene rings is 1. The minimum absolute atomic E-state index is 0.0302. The zero-order valence-corrected chi connectivity index (χ0v) is 15.7. The van der Waals surface area contributed by atoms with E-state index in [2.05, 4.69) is 20.5 Å². The molecule has 142 valence electrons. The molecule has 1 aliphatic carbocycles. The van der Waals surface area contributed by atoms with E-state index in [1.165, 1.54) is 25.8 Å². The van der Waals surface area contributed by atoms with Crippen LogP contribution in [0.1, 0.15) is 32.1 Å². The molecule has 1 aromatic carbocycles. The quantitative estimate of drug-likeness (QED) is 0.819. The monoisotopic (exact) mass is 364 g/mol. The number of piperidine rings is 1. The highest BCUT2D eigenvalue weighted by molar-refractivity contribution is 6.00. The van der Waals surface area contributed by atoms with Gasteiger partial charge >= 0.3 is 0 Å². The molecule has 1 aliphatic heterocycles. The molecule has 27 heavy (non-hydrogen) atoms. The predicted molar refractivity (Wildman–Crippen MR) is 109 cm³/mol. The van der Waals surface area contributed by atoms with E-state index >= 15 is 0 Å². The number of para-hydroxylation sites is 1. The SMILES string of the molecule is O=C(Nc1cccnc1)C1(Nc2ccccc2)CCN(CC2CCC2)CC1. The summed E-state index contributed by atoms with van der Waals surface area (Å²) in [6.07, 6.45) is 9.14. The van der Waals surface area contributed by atoms with Gasteiger partial charge in [-0.3, -0.25) is 9.78 Å². The van der Waals surface area contributed by atoms with Crippen molar-refractivity contribution in [3.05, 3.63) is 54.9 Å². The van der Waals surface area contributed by atoms with Gasteiger partial charge in [0.05, 0.1) is 11.9 Å². The third-order valence-electron chi connectivity index (χ3n) is 5.96. The molecule has 5 nitrogen and oxygen atoms in total. The van der Waals surface area contributed by atoms with E-state index in [0.717, 1.165) is 43.2 Å². The Labute approximate surface area is 161 Å². The van der Waals surface area contributed by atoms with Crippen LogP contribution < -0.4 is 10.6 Å². The summed E-state index contributed by atoms with van der Waals surface area (Å²) in [4.78, 5) is 19.9. The van der Waals surface area contributed by atoms with E-state index < -0.39 is 5.54 Å². The second-order valence-corrected chi connectivity index (χ2v) is 7.87. The molecule has 1 amide bonds. The number of anilines is 2. The molecule has 1 aromatic heterocycles. The molecule has 2 fully saturated rings. The number of hydrogen-bond acceptors (Lipinski definition) is 4. The van der Waals surface area contributed by atoms with Crippen LogP contribution in [0.4, 0.5) is 11.4 Å². The highest BCUT2D eigenvalue weighted by Crippen LogP contribution is 2.32. The van der Waals surface area contributed by atoms with Crippen LogP contribution in [0.15, 0.2) is 54.9 Å². The first-order valence-corrected chi connectivity index (χ1v) is 10.0. The van der Waals surface area contributed by atoms with Gasteiger partial charge in [0.2, 0.25) is 5.91 Å². The Morgan fingerprint density at radius 2 is 1.81 bits per heavy atom. The van der Waals surface area contributed by atoms with Gasteiger partial charge in [0.1, 0.15) is 5.54 Å². The van der Waals surface area contributed by atoms with Gasteiger partial charge in [-0.25, -0.2) is 0 Å². The molecule has 2 heterocycles. The summed E-state index contributed by atoms with van der Waals surface area (Å²) in [6, 6.07) is 13.8. The van der Waals surface area contributed by atoms with Crippen molar-refractivity contribution in [2.24, 2.45) is 5.92 Å². The van der Waals surface area contributed by atoms with Crippen molar-refractivity contribution in [2.75, 3.05) is 30.3 Å². The van der Waals surface area contributed by atoms with Gasteiger partial charge in [0.25, 0.3) is 0 Å². The number of amides is 1. The molecule has 0 radical (unpaired) electrons. The Balaban J connectivity index is 1.48. The van der Waals surface area contributed by atoms with Crippen LogP contribution in [0.3, 0.4) is 0 Å². The first-order valence-electron chi connectivity index (χ1n) is 10.0. The lowest BCUT2D eigenvalue weighted by Crippen LogP contribution is -2.57. The van der Waals surface area contributed by atoms with Gasteiger partial charge in [0, 0.05) is 31.5 Å². The van der Waals surface area contributed by atoms with Crippen LogP contribution in [-0.4, -0.2) is 41.0 Å². The molecule has 4 rings (SSSR count). The molecule has 2 aliphatic rings. The molecule has 5 heteroatoms. The number of nitrogens with zero attached hydrogens (tertiary/aromatic N) is 2. The maximum absolute atomic E-state index is 13.3. The van der Waals surface area contributed by atoms with Gasteiger partial charge in [-0.05, 0) is 55.9 Å². The van der Waals surface area contributed by atoms with E-state index in [0.29, 0.717) is 0 Å². The fraction of sp³-hybridized carbons (Fsp3) is 0.455. The zero-order chi connectivity index (χ0) is 18.5. The summed E-state index contributed by atoms with van der Waals surface area (Å²) in [6.45, 7) is 3.10. The van der Waals surface area contributed by atoms with Crippen LogP contribution in [0.2, 0.25) is 0 Å². The largest absolute Gasteiger partial charge is 0.371 e. The van der Waals surface area contributed by atoms with Gasteiger partial charge in [-0.2, -0.15) is 0 Å². The average molecular weight is 364 g/mol. The Morgan fingerprint density at radius 1 is 1.07 bits per heavy atom. The van der Waals surface area contributed by atoms with Crippen molar-refractivity contribution in [3.63, 3.8) is 0 Å². The van der Waals surface area contributed by atoms with Gasteiger partial charge in [-0.15, -0.1) is 0 Å². The lowest BCUT2D eigenvalue weighted by atomic mass is 9.82. The summed E-state index contributed by atoms with van der Waals surface area (Å²) in [5.41, 5.74) is 1.15. The van der Waals surface area contributed by atoms with Crippen molar-refractivity contribution in [3.8, 4) is 0 Å². The standard InChI is InChI=1S/C22H28N4O/c27-21(24-20-10-5-13-23-16-20)22(25-19-8-2-1-3-9-19)11-14-26(15-12-22)17-18-6-4-7-18/h1-3,5,8-10,13,16,18,25H,4,6-7,11-12,14-15,17H2,(H,24,27). The van der Waals surface area contributed by atoms with Crippen LogP contribution in [0.25, 0.3) is 0 Å². The van der Waals surface area contributed by atoms with Crippen molar-refractivity contribution in [1.82, 2.24) is 9.88 Å². The van der Waals surface area contributed by atoms with Crippen molar-refractivity contribution >= 4 is 17.3 Å². The Hall–Kier alpha value is -2.40. The van der Waals surface area contributed by atoms with Crippen molar-refractivity contribution < 1.29 is 4.79 Å². The number of nitrogens with one attached hydrogen (secondary N) is 2. The van der Waals surface area contributed by atoms with Crippen LogP contribution in [0, 0.1) is 5.92 Å². The molecule has 1 saturated carbocycles. The lowest BCUT2D eigenvalue weighted by molar-refractivity contribution is -0.122. The first kappa shape index (κ1) is 18.0. The second-order valence-electron chi connectivity index (χ2n) is 7.87. The molecule has 1 saturated heterocycles. The maximum Gasteiger partial charge on any atom is 0.250 e. The lowest BCUT2D eigenvalue weighted by Gasteiger charge is -2.43. The third kappa shape index (κ3) is 4.30. The van der Waals surface area contributed by atoms with E-state index in [1.54, 1.807) is 12.4 Å². The minimum Gasteiger partial charge on any atom is -0.371 e. The fourth-order valence-electron chi connectivity index (χ4n) is 4.05. The summed E-state index contributed by atoms with van der Waals surface area (Å²) in [5.74, 6) is 0.895. The summed E-state index contributed by atoms with van der Waals surface area (Å²) in [5, 5.41) is 6.63. The number of rotatable bonds is 6. The van der Waals surface area contributed by atoms with E-state index in [4.69, 9.17) is 0 Å². The number of hydrogen-bond donors (Lipinski definition) is 2. The number of carbonyl (C=O) groups excluding carboxylic acids is 1. The molecule has 0 unspecified atom stereocenters. The minimum atomic E-state index is -0.590. The third-order valence-corrected chi connectivity index (χ3v) is 5.96.